The number of nitriles is 1. The van der Waals surface area contributed by atoms with Crippen LogP contribution in [-0.4, -0.2) is 84.6 Å². The molecule has 212 valence electrons. The average Bonchev–Trinajstić information content (AvgIpc) is 2.95. The summed E-state index contributed by atoms with van der Waals surface area (Å²) in [5.41, 5.74) is 3.00. The summed E-state index contributed by atoms with van der Waals surface area (Å²) in [4.78, 5) is 31.1. The van der Waals surface area contributed by atoms with E-state index in [2.05, 4.69) is 59.6 Å². The molecule has 4 heterocycles. The van der Waals surface area contributed by atoms with Crippen LogP contribution in [0.4, 0.5) is 11.8 Å². The molecule has 0 N–H and O–H groups in total. The van der Waals surface area contributed by atoms with Crippen LogP contribution < -0.4 is 9.80 Å². The van der Waals surface area contributed by atoms with Crippen molar-refractivity contribution in [2.45, 2.75) is 37.6 Å². The maximum absolute atomic E-state index is 12.5. The highest BCUT2D eigenvalue weighted by Crippen LogP contribution is 2.40. The van der Waals surface area contributed by atoms with Crippen molar-refractivity contribution in [1.29, 1.82) is 5.26 Å². The highest BCUT2D eigenvalue weighted by atomic mass is 35.5. The Morgan fingerprint density at radius 3 is 2.68 bits per heavy atom. The maximum atomic E-state index is 12.5. The molecule has 0 saturated carbocycles. The lowest BCUT2D eigenvalue weighted by Gasteiger charge is -2.44. The molecule has 0 spiro atoms. The fourth-order valence-electron chi connectivity index (χ4n) is 6.11. The zero-order valence-electron chi connectivity index (χ0n) is 23.5. The van der Waals surface area contributed by atoms with Crippen molar-refractivity contribution in [1.82, 2.24) is 19.8 Å². The lowest BCUT2D eigenvalue weighted by Crippen LogP contribution is -2.58. The molecule has 2 aromatic carbocycles. The van der Waals surface area contributed by atoms with E-state index in [-0.39, 0.29) is 24.5 Å². The predicted octanol–water partition coefficient (Wildman–Crippen LogP) is 3.96. The Balaban J connectivity index is 1.36. The lowest BCUT2D eigenvalue weighted by molar-refractivity contribution is -0.128. The van der Waals surface area contributed by atoms with Gasteiger partial charge in [0.25, 0.3) is 0 Å². The van der Waals surface area contributed by atoms with Crippen LogP contribution in [0.15, 0.2) is 49.1 Å². The number of amides is 1. The standard InChI is InChI=1S/C31H34ClN7O2/c1-4-28(40)39-14-13-37(16-21(39)11-12-33)30-24-19-41-27(23-9-5-7-20-8-6-10-25(32)29(20)23)15-26(24)34-31(35-30)38-17-22(18-38)36(2)3/h4-10,21-22,27H,1,11,13-19H2,2-3H3/t21-,27?/m0/s1. The molecule has 0 aliphatic carbocycles. The van der Waals surface area contributed by atoms with Gasteiger partial charge in [-0.2, -0.15) is 10.2 Å². The molecule has 10 heteroatoms. The van der Waals surface area contributed by atoms with E-state index < -0.39 is 0 Å². The summed E-state index contributed by atoms with van der Waals surface area (Å²) < 4.78 is 6.51. The van der Waals surface area contributed by atoms with Crippen LogP contribution in [-0.2, 0) is 22.6 Å². The van der Waals surface area contributed by atoms with E-state index in [9.17, 15) is 10.1 Å². The van der Waals surface area contributed by atoms with Crippen LogP contribution in [0.3, 0.4) is 0 Å². The number of nitrogens with zero attached hydrogens (tertiary/aromatic N) is 7. The highest BCUT2D eigenvalue weighted by Gasteiger charge is 2.36. The van der Waals surface area contributed by atoms with E-state index in [0.717, 1.165) is 52.4 Å². The van der Waals surface area contributed by atoms with Gasteiger partial charge in [-0.3, -0.25) is 4.79 Å². The van der Waals surface area contributed by atoms with Crippen LogP contribution in [0.2, 0.25) is 5.02 Å². The number of likely N-dealkylation sites (N-methyl/N-ethyl adjacent to an activating group) is 1. The summed E-state index contributed by atoms with van der Waals surface area (Å²) in [5.74, 6) is 1.40. The summed E-state index contributed by atoms with van der Waals surface area (Å²) in [6.07, 6.45) is 1.97. The number of benzene rings is 2. The third-order valence-corrected chi connectivity index (χ3v) is 8.86. The molecule has 2 atom stereocenters. The lowest BCUT2D eigenvalue weighted by atomic mass is 9.94. The van der Waals surface area contributed by atoms with E-state index in [1.807, 2.05) is 18.2 Å². The van der Waals surface area contributed by atoms with Crippen molar-refractivity contribution in [3.8, 4) is 6.07 Å². The number of halogens is 1. The minimum Gasteiger partial charge on any atom is -0.368 e. The Morgan fingerprint density at radius 1 is 1.17 bits per heavy atom. The molecule has 3 aliphatic heterocycles. The fourth-order valence-corrected chi connectivity index (χ4v) is 6.41. The van der Waals surface area contributed by atoms with Gasteiger partial charge in [-0.25, -0.2) is 4.98 Å². The van der Waals surface area contributed by atoms with Gasteiger partial charge in [-0.1, -0.05) is 48.5 Å². The largest absolute Gasteiger partial charge is 0.368 e. The van der Waals surface area contributed by atoms with E-state index >= 15 is 0 Å². The number of hydrogen-bond donors (Lipinski definition) is 0. The molecule has 1 unspecified atom stereocenters. The molecule has 3 aliphatic rings. The summed E-state index contributed by atoms with van der Waals surface area (Å²) in [7, 11) is 4.19. The van der Waals surface area contributed by atoms with Gasteiger partial charge >= 0.3 is 0 Å². The number of anilines is 2. The van der Waals surface area contributed by atoms with Gasteiger partial charge in [-0.15, -0.1) is 0 Å². The molecule has 6 rings (SSSR count). The van der Waals surface area contributed by atoms with Gasteiger partial charge in [0, 0.05) is 61.2 Å². The Bertz CT molecular complexity index is 1530. The fraction of sp³-hybridized carbons (Fsp3) is 0.419. The first-order valence-electron chi connectivity index (χ1n) is 14.0. The number of piperazine rings is 1. The Labute approximate surface area is 245 Å². The Hall–Kier alpha value is -3.71. The summed E-state index contributed by atoms with van der Waals surface area (Å²) >= 11 is 6.67. The van der Waals surface area contributed by atoms with Crippen molar-refractivity contribution in [2.75, 3.05) is 56.6 Å². The Kier molecular flexibility index (Phi) is 7.56. The van der Waals surface area contributed by atoms with Crippen LogP contribution in [0.5, 0.6) is 0 Å². The van der Waals surface area contributed by atoms with E-state index in [4.69, 9.17) is 26.3 Å². The molecule has 0 radical (unpaired) electrons. The summed E-state index contributed by atoms with van der Waals surface area (Å²) in [6.45, 7) is 7.35. The minimum absolute atomic E-state index is 0.148. The Morgan fingerprint density at radius 2 is 1.95 bits per heavy atom. The number of rotatable bonds is 6. The number of hydrogen-bond acceptors (Lipinski definition) is 8. The molecule has 1 aromatic heterocycles. The third-order valence-electron chi connectivity index (χ3n) is 8.54. The SMILES string of the molecule is C=CC(=O)N1CCN(c2nc(N3CC(N(C)C)C3)nc3c2COC(c2cccc4cccc(Cl)c24)C3)C[C@@H]1CC#N. The van der Waals surface area contributed by atoms with E-state index in [1.165, 1.54) is 6.08 Å². The highest BCUT2D eigenvalue weighted by molar-refractivity contribution is 6.35. The quantitative estimate of drug-likeness (QED) is 0.411. The molecular weight excluding hydrogens is 538 g/mol. The number of fused-ring (bicyclic) bond motifs is 2. The molecule has 2 saturated heterocycles. The van der Waals surface area contributed by atoms with Crippen molar-refractivity contribution >= 4 is 40.0 Å². The van der Waals surface area contributed by atoms with Crippen LogP contribution in [0, 0.1) is 11.3 Å². The second-order valence-electron chi connectivity index (χ2n) is 11.2. The number of carbonyl (C=O) groups is 1. The molecule has 9 nitrogen and oxygen atoms in total. The summed E-state index contributed by atoms with van der Waals surface area (Å²) in [6, 6.07) is 14.6. The molecule has 1 amide bonds. The predicted molar refractivity (Wildman–Crippen MR) is 160 cm³/mol. The second-order valence-corrected chi connectivity index (χ2v) is 11.6. The third kappa shape index (κ3) is 5.12. The normalized spacial score (nSPS) is 21.0. The van der Waals surface area contributed by atoms with E-state index in [1.54, 1.807) is 4.90 Å². The first kappa shape index (κ1) is 27.5. The maximum Gasteiger partial charge on any atom is 0.246 e. The minimum atomic E-state index is -0.245. The van der Waals surface area contributed by atoms with Gasteiger partial charge in [0.15, 0.2) is 0 Å². The molecule has 0 bridgehead atoms. The molecule has 2 fully saturated rings. The van der Waals surface area contributed by atoms with Crippen LogP contribution >= 0.6 is 11.6 Å². The van der Waals surface area contributed by atoms with Gasteiger partial charge in [0.05, 0.1) is 36.9 Å². The first-order valence-corrected chi connectivity index (χ1v) is 14.4. The molecule has 3 aromatic rings. The van der Waals surface area contributed by atoms with Gasteiger partial charge in [0.2, 0.25) is 11.9 Å². The molecular formula is C31H34ClN7O2. The van der Waals surface area contributed by atoms with E-state index in [0.29, 0.717) is 43.7 Å². The van der Waals surface area contributed by atoms with Crippen molar-refractivity contribution in [3.63, 3.8) is 0 Å². The smallest absolute Gasteiger partial charge is 0.246 e. The van der Waals surface area contributed by atoms with Crippen LogP contribution in [0.1, 0.15) is 29.3 Å². The number of carbonyl (C=O) groups excluding carboxylic acids is 1. The van der Waals surface area contributed by atoms with Gasteiger partial charge in [0.1, 0.15) is 5.82 Å². The number of ether oxygens (including phenoxy) is 1. The van der Waals surface area contributed by atoms with Crippen molar-refractivity contribution in [3.05, 3.63) is 70.9 Å². The van der Waals surface area contributed by atoms with Crippen molar-refractivity contribution < 1.29 is 9.53 Å². The zero-order chi connectivity index (χ0) is 28.7. The number of aromatic nitrogens is 2. The van der Waals surface area contributed by atoms with Gasteiger partial charge in [-0.05, 0) is 37.2 Å². The second kappa shape index (κ2) is 11.3. The topological polar surface area (TPSA) is 88.8 Å². The summed E-state index contributed by atoms with van der Waals surface area (Å²) in [5, 5.41) is 12.3. The van der Waals surface area contributed by atoms with Gasteiger partial charge < -0.3 is 24.3 Å². The first-order chi connectivity index (χ1) is 19.9. The monoisotopic (exact) mass is 571 g/mol. The van der Waals surface area contributed by atoms with Crippen molar-refractivity contribution in [2.24, 2.45) is 0 Å². The molecule has 41 heavy (non-hydrogen) atoms. The zero-order valence-corrected chi connectivity index (χ0v) is 24.2. The van der Waals surface area contributed by atoms with Crippen LogP contribution in [0.25, 0.3) is 10.8 Å². The average molecular weight is 572 g/mol.